The van der Waals surface area contributed by atoms with E-state index in [-0.39, 0.29) is 11.8 Å². The normalized spacial score (nSPS) is 22.3. The first-order valence-electron chi connectivity index (χ1n) is 10.8. The first-order chi connectivity index (χ1) is 16.1. The highest BCUT2D eigenvalue weighted by molar-refractivity contribution is 6.31. The lowest BCUT2D eigenvalue weighted by Crippen LogP contribution is -2.37. The molecule has 0 spiro atoms. The molecule has 162 valence electrons. The molecule has 2 aliphatic rings. The highest BCUT2D eigenvalue weighted by Gasteiger charge is 2.60. The number of anilines is 2. The molecule has 0 aromatic heterocycles. The number of hydrogen-bond acceptors (Lipinski definition) is 4. The lowest BCUT2D eigenvalue weighted by molar-refractivity contribution is -0.126. The third-order valence-electron chi connectivity index (χ3n) is 6.33. The van der Waals surface area contributed by atoms with Crippen LogP contribution in [0.15, 0.2) is 97.1 Å². The summed E-state index contributed by atoms with van der Waals surface area (Å²) in [6, 6.07) is 30.0. The van der Waals surface area contributed by atoms with Crippen molar-refractivity contribution >= 4 is 45.6 Å². The van der Waals surface area contributed by atoms with Gasteiger partial charge in [-0.3, -0.25) is 14.4 Å². The number of amides is 2. The van der Waals surface area contributed by atoms with Crippen LogP contribution in [-0.4, -0.2) is 17.9 Å². The maximum absolute atomic E-state index is 13.8. The molecule has 6 rings (SSSR count). The minimum absolute atomic E-state index is 0.288. The molecule has 0 N–H and O–H groups in total. The smallest absolute Gasteiger partial charge is 0.266 e. The van der Waals surface area contributed by atoms with Crippen molar-refractivity contribution in [3.8, 4) is 0 Å². The molecule has 0 aliphatic carbocycles. The first-order valence-corrected chi connectivity index (χ1v) is 11.1. The summed E-state index contributed by atoms with van der Waals surface area (Å²) >= 11 is 6.14. The molecule has 0 radical (unpaired) electrons. The maximum atomic E-state index is 13.8. The molecule has 6 heteroatoms. The van der Waals surface area contributed by atoms with Crippen molar-refractivity contribution in [2.75, 3.05) is 9.96 Å². The second kappa shape index (κ2) is 7.73. The number of para-hydroxylation sites is 1. The van der Waals surface area contributed by atoms with Gasteiger partial charge in [0.1, 0.15) is 5.92 Å². The molecule has 0 saturated carbocycles. The summed E-state index contributed by atoms with van der Waals surface area (Å²) in [5.74, 6) is -1.36. The van der Waals surface area contributed by atoms with Gasteiger partial charge in [-0.1, -0.05) is 78.3 Å². The fourth-order valence-corrected chi connectivity index (χ4v) is 5.09. The van der Waals surface area contributed by atoms with E-state index in [0.29, 0.717) is 10.7 Å². The summed E-state index contributed by atoms with van der Waals surface area (Å²) < 4.78 is 0. The van der Waals surface area contributed by atoms with Crippen LogP contribution in [0.4, 0.5) is 11.4 Å². The predicted octanol–water partition coefficient (Wildman–Crippen LogP) is 5.54. The number of carbonyl (C=O) groups is 2. The lowest BCUT2D eigenvalue weighted by Gasteiger charge is -2.29. The second-order valence-electron chi connectivity index (χ2n) is 8.22. The molecule has 0 unspecified atom stereocenters. The fraction of sp³-hybridized carbons (Fsp3) is 0.111. The van der Waals surface area contributed by atoms with Crippen molar-refractivity contribution in [3.05, 3.63) is 108 Å². The number of hydrogen-bond donors (Lipinski definition) is 0. The van der Waals surface area contributed by atoms with E-state index in [0.717, 1.165) is 22.0 Å². The van der Waals surface area contributed by atoms with Gasteiger partial charge in [-0.15, -0.1) is 0 Å². The Bertz CT molecular complexity index is 1390. The summed E-state index contributed by atoms with van der Waals surface area (Å²) in [6.07, 6.45) is -0.916. The van der Waals surface area contributed by atoms with Crippen molar-refractivity contribution in [2.24, 2.45) is 5.92 Å². The Morgan fingerprint density at radius 2 is 1.42 bits per heavy atom. The van der Waals surface area contributed by atoms with E-state index in [1.165, 1.54) is 4.90 Å². The van der Waals surface area contributed by atoms with Crippen LogP contribution in [0.1, 0.15) is 11.6 Å². The zero-order valence-corrected chi connectivity index (χ0v) is 18.2. The average molecular weight is 455 g/mol. The van der Waals surface area contributed by atoms with Crippen molar-refractivity contribution < 1.29 is 14.4 Å². The van der Waals surface area contributed by atoms with E-state index >= 15 is 0 Å². The van der Waals surface area contributed by atoms with Crippen LogP contribution < -0.4 is 9.96 Å². The number of imide groups is 1. The number of fused-ring (bicyclic) bond motifs is 2. The molecule has 2 heterocycles. The van der Waals surface area contributed by atoms with Crippen molar-refractivity contribution in [1.29, 1.82) is 0 Å². The Labute approximate surface area is 195 Å². The van der Waals surface area contributed by atoms with Gasteiger partial charge in [-0.05, 0) is 46.7 Å². The Balaban J connectivity index is 1.51. The van der Waals surface area contributed by atoms with Crippen LogP contribution in [0.25, 0.3) is 10.8 Å². The predicted molar refractivity (Wildman–Crippen MR) is 128 cm³/mol. The Hall–Kier alpha value is -3.67. The standard InChI is InChI=1S/C27H19ClN2O3/c28-18-10-7-13-20(16-18)29-26(31)23-24(22-15-6-9-17-8-4-5-14-21(17)22)30(33-25(23)27(29)32)19-11-2-1-3-12-19/h1-16,23-25H/t23-,24-,25+/m0/s1. The van der Waals surface area contributed by atoms with Crippen LogP contribution in [-0.2, 0) is 14.4 Å². The van der Waals surface area contributed by atoms with Gasteiger partial charge in [0, 0.05) is 5.02 Å². The fourth-order valence-electron chi connectivity index (χ4n) is 4.91. The van der Waals surface area contributed by atoms with Gasteiger partial charge >= 0.3 is 0 Å². The third kappa shape index (κ3) is 3.12. The van der Waals surface area contributed by atoms with Gasteiger partial charge in [-0.2, -0.15) is 0 Å². The van der Waals surface area contributed by atoms with Gasteiger partial charge in [0.25, 0.3) is 5.91 Å². The molecule has 2 saturated heterocycles. The SMILES string of the molecule is O=C1[C@@H]2[C@@H](ON(c3ccccc3)[C@H]2c2cccc3ccccc23)C(=O)N1c1cccc(Cl)c1. The zero-order valence-electron chi connectivity index (χ0n) is 17.5. The van der Waals surface area contributed by atoms with E-state index in [4.69, 9.17) is 16.4 Å². The van der Waals surface area contributed by atoms with E-state index < -0.39 is 18.1 Å². The Kier molecular flexibility index (Phi) is 4.68. The van der Waals surface area contributed by atoms with Crippen molar-refractivity contribution in [3.63, 3.8) is 0 Å². The van der Waals surface area contributed by atoms with Crippen LogP contribution in [0.5, 0.6) is 0 Å². The van der Waals surface area contributed by atoms with Crippen LogP contribution in [0.3, 0.4) is 0 Å². The van der Waals surface area contributed by atoms with Gasteiger partial charge in [0.05, 0.1) is 17.4 Å². The van der Waals surface area contributed by atoms with E-state index in [9.17, 15) is 9.59 Å². The van der Waals surface area contributed by atoms with Crippen LogP contribution in [0, 0.1) is 5.92 Å². The number of benzene rings is 4. The molecule has 5 nitrogen and oxygen atoms in total. The van der Waals surface area contributed by atoms with Crippen molar-refractivity contribution in [2.45, 2.75) is 12.1 Å². The molecular weight excluding hydrogens is 436 g/mol. The lowest BCUT2D eigenvalue weighted by atomic mass is 9.87. The summed E-state index contributed by atoms with van der Waals surface area (Å²) in [4.78, 5) is 34.6. The first kappa shape index (κ1) is 20.0. The molecule has 4 aromatic rings. The average Bonchev–Trinajstić information content (AvgIpc) is 3.35. The van der Waals surface area contributed by atoms with Gasteiger partial charge in [-0.25, -0.2) is 9.96 Å². The number of carbonyl (C=O) groups excluding carboxylic acids is 2. The largest absolute Gasteiger partial charge is 0.273 e. The Morgan fingerprint density at radius 1 is 0.727 bits per heavy atom. The van der Waals surface area contributed by atoms with E-state index in [1.807, 2.05) is 72.8 Å². The molecular formula is C27H19ClN2O3. The number of halogens is 1. The summed E-state index contributed by atoms with van der Waals surface area (Å²) in [7, 11) is 0. The third-order valence-corrected chi connectivity index (χ3v) is 6.57. The molecule has 3 atom stereocenters. The topological polar surface area (TPSA) is 49.9 Å². The number of rotatable bonds is 3. The monoisotopic (exact) mass is 454 g/mol. The van der Waals surface area contributed by atoms with E-state index in [2.05, 4.69) is 0 Å². The second-order valence-corrected chi connectivity index (χ2v) is 8.65. The minimum Gasteiger partial charge on any atom is -0.273 e. The highest BCUT2D eigenvalue weighted by atomic mass is 35.5. The summed E-state index contributed by atoms with van der Waals surface area (Å²) in [6.45, 7) is 0. The Morgan fingerprint density at radius 3 is 2.24 bits per heavy atom. The van der Waals surface area contributed by atoms with E-state index in [1.54, 1.807) is 29.3 Å². The molecule has 2 aliphatic heterocycles. The van der Waals surface area contributed by atoms with Gasteiger partial charge < -0.3 is 0 Å². The summed E-state index contributed by atoms with van der Waals surface area (Å²) in [5, 5.41) is 4.27. The molecule has 0 bridgehead atoms. The summed E-state index contributed by atoms with van der Waals surface area (Å²) in [5.41, 5.74) is 2.19. The van der Waals surface area contributed by atoms with Gasteiger partial charge in [0.15, 0.2) is 6.10 Å². The van der Waals surface area contributed by atoms with Gasteiger partial charge in [0.2, 0.25) is 5.91 Å². The van der Waals surface area contributed by atoms with Crippen LogP contribution >= 0.6 is 11.6 Å². The molecule has 2 amide bonds. The molecule has 2 fully saturated rings. The molecule has 4 aromatic carbocycles. The highest BCUT2D eigenvalue weighted by Crippen LogP contribution is 2.49. The van der Waals surface area contributed by atoms with Crippen molar-refractivity contribution in [1.82, 2.24) is 0 Å². The number of nitrogens with zero attached hydrogens (tertiary/aromatic N) is 2. The zero-order chi connectivity index (χ0) is 22.5. The quantitative estimate of drug-likeness (QED) is 0.381. The van der Waals surface area contributed by atoms with Crippen LogP contribution in [0.2, 0.25) is 5.02 Å². The minimum atomic E-state index is -0.916. The molecule has 33 heavy (non-hydrogen) atoms. The number of hydroxylamine groups is 1. The maximum Gasteiger partial charge on any atom is 0.266 e.